The molecule has 0 atom stereocenters. The minimum atomic E-state index is 0.203. The van der Waals surface area contributed by atoms with Crippen LogP contribution in [-0.4, -0.2) is 27.3 Å². The molecule has 1 amide bonds. The fourth-order valence-corrected chi connectivity index (χ4v) is 1.69. The predicted molar refractivity (Wildman–Crippen MR) is 51.4 cm³/mol. The second-order valence-corrected chi connectivity index (χ2v) is 3.41. The van der Waals surface area contributed by atoms with E-state index in [-0.39, 0.29) is 5.91 Å². The summed E-state index contributed by atoms with van der Waals surface area (Å²) in [5.74, 6) is 0.203. The molecule has 4 nitrogen and oxygen atoms in total. The van der Waals surface area contributed by atoms with E-state index < -0.39 is 0 Å². The number of fused-ring (bicyclic) bond motifs is 1. The lowest BCUT2D eigenvalue weighted by atomic mass is 10.1. The molecule has 0 N–H and O–H groups in total. The highest BCUT2D eigenvalue weighted by Gasteiger charge is 2.19. The maximum Gasteiger partial charge on any atom is 0.222 e. The molecule has 0 spiro atoms. The van der Waals surface area contributed by atoms with Gasteiger partial charge in [0.25, 0.3) is 0 Å². The van der Waals surface area contributed by atoms with Crippen molar-refractivity contribution in [3.8, 4) is 0 Å². The van der Waals surface area contributed by atoms with E-state index in [0.29, 0.717) is 13.0 Å². The van der Waals surface area contributed by atoms with Gasteiger partial charge in [-0.05, 0) is 12.0 Å². The van der Waals surface area contributed by atoms with Gasteiger partial charge in [0.05, 0.1) is 12.2 Å². The molecule has 0 fully saturated rings. The van der Waals surface area contributed by atoms with Crippen LogP contribution < -0.4 is 0 Å². The fourth-order valence-electron chi connectivity index (χ4n) is 1.69. The summed E-state index contributed by atoms with van der Waals surface area (Å²) in [5.41, 5.74) is 2.17. The summed E-state index contributed by atoms with van der Waals surface area (Å²) in [5, 5.41) is 0. The number of carbonyl (C=O) groups is 1. The van der Waals surface area contributed by atoms with E-state index in [9.17, 15) is 4.79 Å². The first-order valence-electron chi connectivity index (χ1n) is 4.86. The van der Waals surface area contributed by atoms with Crippen molar-refractivity contribution in [3.63, 3.8) is 0 Å². The molecule has 0 saturated heterocycles. The first kappa shape index (κ1) is 9.12. The van der Waals surface area contributed by atoms with E-state index >= 15 is 0 Å². The molecule has 0 unspecified atom stereocenters. The summed E-state index contributed by atoms with van der Waals surface area (Å²) in [4.78, 5) is 21.5. The number of hydrogen-bond acceptors (Lipinski definition) is 3. The van der Waals surface area contributed by atoms with Crippen LogP contribution >= 0.6 is 0 Å². The molecular weight excluding hydrogens is 178 g/mol. The highest BCUT2D eigenvalue weighted by Crippen LogP contribution is 2.15. The topological polar surface area (TPSA) is 46.1 Å². The third-order valence-electron chi connectivity index (χ3n) is 2.53. The van der Waals surface area contributed by atoms with Crippen molar-refractivity contribution in [1.82, 2.24) is 14.9 Å². The molecule has 74 valence electrons. The monoisotopic (exact) mass is 191 g/mol. The first-order chi connectivity index (χ1) is 6.81. The molecule has 0 bridgehead atoms. The second kappa shape index (κ2) is 3.74. The average Bonchev–Trinajstić information content (AvgIpc) is 2.27. The van der Waals surface area contributed by atoms with Crippen LogP contribution in [0.15, 0.2) is 12.5 Å². The molecule has 2 heterocycles. The van der Waals surface area contributed by atoms with Crippen LogP contribution in [0.2, 0.25) is 0 Å². The average molecular weight is 191 g/mol. The van der Waals surface area contributed by atoms with Gasteiger partial charge in [-0.15, -0.1) is 0 Å². The number of carbonyl (C=O) groups excluding carboxylic acids is 1. The summed E-state index contributed by atoms with van der Waals surface area (Å²) in [7, 11) is 0. The zero-order valence-electron chi connectivity index (χ0n) is 8.23. The van der Waals surface area contributed by atoms with Crippen LogP contribution in [-0.2, 0) is 17.8 Å². The van der Waals surface area contributed by atoms with Crippen LogP contribution in [0.5, 0.6) is 0 Å². The van der Waals surface area contributed by atoms with E-state index in [2.05, 4.69) is 9.97 Å². The van der Waals surface area contributed by atoms with Crippen LogP contribution in [0, 0.1) is 0 Å². The van der Waals surface area contributed by atoms with Crippen molar-refractivity contribution in [2.75, 3.05) is 6.54 Å². The summed E-state index contributed by atoms with van der Waals surface area (Å²) >= 11 is 0. The third kappa shape index (κ3) is 1.60. The Morgan fingerprint density at radius 3 is 3.29 bits per heavy atom. The van der Waals surface area contributed by atoms with Gasteiger partial charge in [-0.2, -0.15) is 0 Å². The van der Waals surface area contributed by atoms with Crippen molar-refractivity contribution >= 4 is 5.91 Å². The zero-order valence-corrected chi connectivity index (χ0v) is 8.23. The molecule has 1 aromatic heterocycles. The number of rotatable bonds is 1. The maximum atomic E-state index is 11.5. The molecule has 0 aliphatic carbocycles. The molecule has 1 aromatic rings. The van der Waals surface area contributed by atoms with Crippen LogP contribution in [0.1, 0.15) is 24.6 Å². The lowest BCUT2D eigenvalue weighted by Crippen LogP contribution is -2.36. The third-order valence-corrected chi connectivity index (χ3v) is 2.53. The number of aromatic nitrogens is 2. The number of amides is 1. The van der Waals surface area contributed by atoms with Crippen LogP contribution in [0.25, 0.3) is 0 Å². The Bertz CT molecular complexity index is 351. The molecule has 0 radical (unpaired) electrons. The Morgan fingerprint density at radius 1 is 1.64 bits per heavy atom. The Balaban J connectivity index is 2.17. The van der Waals surface area contributed by atoms with Gasteiger partial charge in [0.1, 0.15) is 6.33 Å². The van der Waals surface area contributed by atoms with Gasteiger partial charge >= 0.3 is 0 Å². The first-order valence-corrected chi connectivity index (χ1v) is 4.86. The lowest BCUT2D eigenvalue weighted by molar-refractivity contribution is -0.131. The summed E-state index contributed by atoms with van der Waals surface area (Å²) in [6.45, 7) is 3.33. The highest BCUT2D eigenvalue weighted by atomic mass is 16.2. The predicted octanol–water partition coefficient (Wildman–Crippen LogP) is 0.771. The summed E-state index contributed by atoms with van der Waals surface area (Å²) in [6, 6.07) is 0. The molecule has 0 aromatic carbocycles. The van der Waals surface area contributed by atoms with Crippen molar-refractivity contribution in [2.24, 2.45) is 0 Å². The molecular formula is C10H13N3O. The fraction of sp³-hybridized carbons (Fsp3) is 0.500. The van der Waals surface area contributed by atoms with Crippen molar-refractivity contribution in [3.05, 3.63) is 23.8 Å². The SMILES string of the molecule is CCC(=O)N1CCc2cncnc2C1. The van der Waals surface area contributed by atoms with E-state index in [1.54, 1.807) is 6.33 Å². The van der Waals surface area contributed by atoms with Gasteiger partial charge in [0.15, 0.2) is 0 Å². The van der Waals surface area contributed by atoms with Crippen molar-refractivity contribution < 1.29 is 4.79 Å². The largest absolute Gasteiger partial charge is 0.336 e. The molecule has 0 saturated carbocycles. The minimum Gasteiger partial charge on any atom is -0.336 e. The van der Waals surface area contributed by atoms with Gasteiger partial charge in [-0.25, -0.2) is 9.97 Å². The van der Waals surface area contributed by atoms with E-state index in [4.69, 9.17) is 0 Å². The lowest BCUT2D eigenvalue weighted by Gasteiger charge is -2.27. The Morgan fingerprint density at radius 2 is 2.50 bits per heavy atom. The van der Waals surface area contributed by atoms with Gasteiger partial charge < -0.3 is 4.90 Å². The van der Waals surface area contributed by atoms with E-state index in [1.165, 1.54) is 5.56 Å². The molecule has 4 heteroatoms. The Labute approximate surface area is 83.0 Å². The van der Waals surface area contributed by atoms with E-state index in [1.807, 2.05) is 18.0 Å². The summed E-state index contributed by atoms with van der Waals surface area (Å²) < 4.78 is 0. The van der Waals surface area contributed by atoms with Gasteiger partial charge in [0.2, 0.25) is 5.91 Å². The van der Waals surface area contributed by atoms with Crippen molar-refractivity contribution in [1.29, 1.82) is 0 Å². The zero-order chi connectivity index (χ0) is 9.97. The maximum absolute atomic E-state index is 11.5. The standard InChI is InChI=1S/C10H13N3O/c1-2-10(14)13-4-3-8-5-11-7-12-9(8)6-13/h5,7H,2-4,6H2,1H3. The second-order valence-electron chi connectivity index (χ2n) is 3.41. The van der Waals surface area contributed by atoms with Crippen LogP contribution in [0.4, 0.5) is 0 Å². The summed E-state index contributed by atoms with van der Waals surface area (Å²) in [6.07, 6.45) is 4.83. The van der Waals surface area contributed by atoms with Gasteiger partial charge in [-0.3, -0.25) is 4.79 Å². The van der Waals surface area contributed by atoms with Crippen LogP contribution in [0.3, 0.4) is 0 Å². The Hall–Kier alpha value is -1.45. The Kier molecular flexibility index (Phi) is 2.43. The normalized spacial score (nSPS) is 15.1. The van der Waals surface area contributed by atoms with Crippen molar-refractivity contribution in [2.45, 2.75) is 26.3 Å². The van der Waals surface area contributed by atoms with Gasteiger partial charge in [-0.1, -0.05) is 6.92 Å². The number of hydrogen-bond donors (Lipinski definition) is 0. The quantitative estimate of drug-likeness (QED) is 0.658. The molecule has 1 aliphatic heterocycles. The smallest absolute Gasteiger partial charge is 0.222 e. The minimum absolute atomic E-state index is 0.203. The molecule has 1 aliphatic rings. The highest BCUT2D eigenvalue weighted by molar-refractivity contribution is 5.76. The number of nitrogens with zero attached hydrogens (tertiary/aromatic N) is 3. The molecule has 2 rings (SSSR count). The van der Waals surface area contributed by atoms with E-state index in [0.717, 1.165) is 18.7 Å². The molecule has 14 heavy (non-hydrogen) atoms. The van der Waals surface area contributed by atoms with Gasteiger partial charge in [0, 0.05) is 19.2 Å².